The van der Waals surface area contributed by atoms with Gasteiger partial charge in [-0.05, 0) is 56.7 Å². The predicted octanol–water partition coefficient (Wildman–Crippen LogP) is 4.56. The van der Waals surface area contributed by atoms with Gasteiger partial charge in [0, 0.05) is 11.5 Å². The molecular weight excluding hydrogens is 376 g/mol. The van der Waals surface area contributed by atoms with E-state index < -0.39 is 5.97 Å². The Kier molecular flexibility index (Phi) is 10.6. The SMILES string of the molecule is CCCCOC(=O)CC(=O)C(C)Sc1cccc(CCOC2CCCCO2)c1. The van der Waals surface area contributed by atoms with Gasteiger partial charge in [-0.2, -0.15) is 0 Å². The zero-order chi connectivity index (χ0) is 20.2. The lowest BCUT2D eigenvalue weighted by molar-refractivity contribution is -0.161. The molecule has 1 aromatic carbocycles. The van der Waals surface area contributed by atoms with Crippen molar-refractivity contribution in [1.82, 2.24) is 0 Å². The van der Waals surface area contributed by atoms with Crippen molar-refractivity contribution in [2.45, 2.75) is 75.2 Å². The summed E-state index contributed by atoms with van der Waals surface area (Å²) in [5.41, 5.74) is 1.17. The summed E-state index contributed by atoms with van der Waals surface area (Å²) in [7, 11) is 0. The summed E-state index contributed by atoms with van der Waals surface area (Å²) in [5.74, 6) is -0.531. The normalized spacial score (nSPS) is 17.9. The number of hydrogen-bond donors (Lipinski definition) is 0. The van der Waals surface area contributed by atoms with Crippen LogP contribution in [0.3, 0.4) is 0 Å². The maximum atomic E-state index is 12.3. The summed E-state index contributed by atoms with van der Waals surface area (Å²) in [6.07, 6.45) is 5.61. The standard InChI is InChI=1S/C22H32O5S/c1-3-4-12-25-21(24)16-20(23)17(2)28-19-9-7-8-18(15-19)11-14-27-22-10-5-6-13-26-22/h7-9,15,17,22H,3-6,10-14,16H2,1-2H3. The van der Waals surface area contributed by atoms with Crippen molar-refractivity contribution < 1.29 is 23.8 Å². The van der Waals surface area contributed by atoms with E-state index in [1.54, 1.807) is 0 Å². The summed E-state index contributed by atoms with van der Waals surface area (Å²) in [6, 6.07) is 8.12. The molecule has 1 saturated heterocycles. The zero-order valence-electron chi connectivity index (χ0n) is 17.0. The molecule has 0 N–H and O–H groups in total. The third-order valence-corrected chi connectivity index (χ3v) is 5.72. The van der Waals surface area contributed by atoms with Crippen LogP contribution in [0.25, 0.3) is 0 Å². The van der Waals surface area contributed by atoms with E-state index in [1.165, 1.54) is 17.3 Å². The van der Waals surface area contributed by atoms with E-state index in [2.05, 4.69) is 12.1 Å². The molecule has 2 rings (SSSR count). The molecule has 0 spiro atoms. The van der Waals surface area contributed by atoms with E-state index in [-0.39, 0.29) is 23.7 Å². The minimum absolute atomic E-state index is 0.0685. The highest BCUT2D eigenvalue weighted by Gasteiger charge is 2.19. The van der Waals surface area contributed by atoms with Crippen LogP contribution in [0.15, 0.2) is 29.2 Å². The van der Waals surface area contributed by atoms with Gasteiger partial charge in [-0.15, -0.1) is 11.8 Å². The molecule has 5 nitrogen and oxygen atoms in total. The van der Waals surface area contributed by atoms with Crippen LogP contribution in [-0.4, -0.2) is 43.1 Å². The Balaban J connectivity index is 1.74. The molecule has 6 heteroatoms. The summed E-state index contributed by atoms with van der Waals surface area (Å²) in [5, 5.41) is -0.291. The molecule has 0 saturated carbocycles. The number of carbonyl (C=O) groups excluding carboxylic acids is 2. The van der Waals surface area contributed by atoms with Crippen molar-refractivity contribution in [3.05, 3.63) is 29.8 Å². The first-order valence-electron chi connectivity index (χ1n) is 10.3. The van der Waals surface area contributed by atoms with Crippen LogP contribution in [0.2, 0.25) is 0 Å². The number of Topliss-reactive ketones (excluding diaryl/α,β-unsaturated/α-hetero) is 1. The Hall–Kier alpha value is -1.37. The van der Waals surface area contributed by atoms with Crippen molar-refractivity contribution in [1.29, 1.82) is 0 Å². The highest BCUT2D eigenvalue weighted by molar-refractivity contribution is 8.00. The first-order valence-corrected chi connectivity index (χ1v) is 11.1. The van der Waals surface area contributed by atoms with Crippen LogP contribution in [0.1, 0.15) is 57.9 Å². The lowest BCUT2D eigenvalue weighted by Crippen LogP contribution is -2.23. The number of benzene rings is 1. The third kappa shape index (κ3) is 8.76. The van der Waals surface area contributed by atoms with E-state index in [0.717, 1.165) is 50.0 Å². The van der Waals surface area contributed by atoms with Crippen molar-refractivity contribution in [3.8, 4) is 0 Å². The number of thioether (sulfide) groups is 1. The molecule has 2 unspecified atom stereocenters. The molecule has 1 aliphatic heterocycles. The summed E-state index contributed by atoms with van der Waals surface area (Å²) >= 11 is 1.47. The van der Waals surface area contributed by atoms with Gasteiger partial charge in [-0.25, -0.2) is 0 Å². The lowest BCUT2D eigenvalue weighted by atomic mass is 10.1. The van der Waals surface area contributed by atoms with Crippen molar-refractivity contribution in [3.63, 3.8) is 0 Å². The van der Waals surface area contributed by atoms with Crippen molar-refractivity contribution in [2.24, 2.45) is 0 Å². The highest BCUT2D eigenvalue weighted by atomic mass is 32.2. The summed E-state index contributed by atoms with van der Waals surface area (Å²) < 4.78 is 16.4. The number of ether oxygens (including phenoxy) is 3. The summed E-state index contributed by atoms with van der Waals surface area (Å²) in [4.78, 5) is 25.0. The van der Waals surface area contributed by atoms with E-state index in [4.69, 9.17) is 14.2 Å². The van der Waals surface area contributed by atoms with Crippen molar-refractivity contribution in [2.75, 3.05) is 19.8 Å². The second kappa shape index (κ2) is 13.0. The van der Waals surface area contributed by atoms with Crippen LogP contribution < -0.4 is 0 Å². The second-order valence-electron chi connectivity index (χ2n) is 7.04. The quantitative estimate of drug-likeness (QED) is 0.219. The molecule has 0 aliphatic carbocycles. The first kappa shape index (κ1) is 22.9. The van der Waals surface area contributed by atoms with Gasteiger partial charge in [0.15, 0.2) is 12.1 Å². The van der Waals surface area contributed by atoms with Crippen LogP contribution >= 0.6 is 11.8 Å². The molecule has 1 aromatic rings. The minimum Gasteiger partial charge on any atom is -0.465 e. The monoisotopic (exact) mass is 408 g/mol. The minimum atomic E-state index is -0.429. The zero-order valence-corrected chi connectivity index (χ0v) is 17.8. The van der Waals surface area contributed by atoms with Gasteiger partial charge in [0.2, 0.25) is 0 Å². The molecule has 2 atom stereocenters. The van der Waals surface area contributed by atoms with Gasteiger partial charge in [-0.1, -0.05) is 25.5 Å². The maximum Gasteiger partial charge on any atom is 0.313 e. The number of unbranched alkanes of at least 4 members (excludes halogenated alkanes) is 1. The van der Waals surface area contributed by atoms with Gasteiger partial charge >= 0.3 is 5.97 Å². The molecule has 28 heavy (non-hydrogen) atoms. The number of esters is 1. The Morgan fingerprint density at radius 2 is 2.14 bits per heavy atom. The van der Waals surface area contributed by atoms with Gasteiger partial charge in [0.25, 0.3) is 0 Å². The Morgan fingerprint density at radius 3 is 2.89 bits per heavy atom. The number of ketones is 1. The maximum absolute atomic E-state index is 12.3. The second-order valence-corrected chi connectivity index (χ2v) is 8.46. The molecule has 0 amide bonds. The molecule has 0 radical (unpaired) electrons. The first-order chi connectivity index (χ1) is 13.6. The average molecular weight is 409 g/mol. The molecule has 0 aromatic heterocycles. The topological polar surface area (TPSA) is 61.8 Å². The molecule has 1 aliphatic rings. The molecule has 1 heterocycles. The number of hydrogen-bond acceptors (Lipinski definition) is 6. The van der Waals surface area contributed by atoms with E-state index in [9.17, 15) is 9.59 Å². The number of rotatable bonds is 12. The van der Waals surface area contributed by atoms with Crippen molar-refractivity contribution >= 4 is 23.5 Å². The molecular formula is C22H32O5S. The van der Waals surface area contributed by atoms with Crippen LogP contribution in [0, 0.1) is 0 Å². The van der Waals surface area contributed by atoms with Crippen LogP contribution in [-0.2, 0) is 30.2 Å². The van der Waals surface area contributed by atoms with Gasteiger partial charge in [0.05, 0.1) is 18.5 Å². The Labute approximate surface area is 172 Å². The van der Waals surface area contributed by atoms with Gasteiger partial charge in [-0.3, -0.25) is 9.59 Å². The smallest absolute Gasteiger partial charge is 0.313 e. The average Bonchev–Trinajstić information content (AvgIpc) is 2.69. The Bertz CT molecular complexity index is 613. The fourth-order valence-electron chi connectivity index (χ4n) is 2.86. The van der Waals surface area contributed by atoms with Crippen LogP contribution in [0.5, 0.6) is 0 Å². The highest BCUT2D eigenvalue weighted by Crippen LogP contribution is 2.25. The molecule has 0 bridgehead atoms. The largest absolute Gasteiger partial charge is 0.465 e. The molecule has 156 valence electrons. The predicted molar refractivity (Wildman–Crippen MR) is 110 cm³/mol. The lowest BCUT2D eigenvalue weighted by Gasteiger charge is -2.22. The van der Waals surface area contributed by atoms with E-state index >= 15 is 0 Å². The van der Waals surface area contributed by atoms with Gasteiger partial charge in [0.1, 0.15) is 6.42 Å². The number of carbonyl (C=O) groups is 2. The van der Waals surface area contributed by atoms with Crippen LogP contribution in [0.4, 0.5) is 0 Å². The fraction of sp³-hybridized carbons (Fsp3) is 0.636. The molecule has 1 fully saturated rings. The van der Waals surface area contributed by atoms with E-state index in [1.807, 2.05) is 26.0 Å². The van der Waals surface area contributed by atoms with Gasteiger partial charge < -0.3 is 14.2 Å². The summed E-state index contributed by atoms with van der Waals surface area (Å²) in [6.45, 7) is 5.66. The Morgan fingerprint density at radius 1 is 1.29 bits per heavy atom. The van der Waals surface area contributed by atoms with E-state index in [0.29, 0.717) is 13.2 Å². The fourth-order valence-corrected chi connectivity index (χ4v) is 3.86. The third-order valence-electron chi connectivity index (χ3n) is 4.58.